The van der Waals surface area contributed by atoms with Gasteiger partial charge in [-0.2, -0.15) is 0 Å². The van der Waals surface area contributed by atoms with E-state index in [0.29, 0.717) is 42.2 Å². The van der Waals surface area contributed by atoms with E-state index in [1.54, 1.807) is 28.4 Å². The number of ether oxygens (including phenoxy) is 4. The number of amides is 1. The molecule has 3 aromatic rings. The minimum Gasteiger partial charge on any atom is -0.493 e. The Balaban J connectivity index is 1.46. The highest BCUT2D eigenvalue weighted by Crippen LogP contribution is 2.36. The largest absolute Gasteiger partial charge is 0.493 e. The van der Waals surface area contributed by atoms with Crippen LogP contribution in [0.2, 0.25) is 0 Å². The molecule has 2 N–H and O–H groups in total. The summed E-state index contributed by atoms with van der Waals surface area (Å²) in [5.41, 5.74) is 5.19. The van der Waals surface area contributed by atoms with Crippen LogP contribution in [0.4, 0.5) is 0 Å². The predicted octanol–water partition coefficient (Wildman–Crippen LogP) is 4.12. The van der Waals surface area contributed by atoms with Crippen LogP contribution in [0.3, 0.4) is 0 Å². The van der Waals surface area contributed by atoms with Crippen LogP contribution in [0.5, 0.6) is 23.0 Å². The summed E-state index contributed by atoms with van der Waals surface area (Å²) in [5.74, 6) is 2.75. The van der Waals surface area contributed by atoms with Crippen molar-refractivity contribution < 1.29 is 23.7 Å². The molecular formula is C29H34N2O5. The molecule has 7 heteroatoms. The number of rotatable bonds is 10. The van der Waals surface area contributed by atoms with Crippen molar-refractivity contribution in [1.82, 2.24) is 10.6 Å². The lowest BCUT2D eigenvalue weighted by Crippen LogP contribution is -2.32. The molecule has 4 rings (SSSR count). The normalized spacial score (nSPS) is 14.5. The van der Waals surface area contributed by atoms with Crippen molar-refractivity contribution in [2.45, 2.75) is 25.3 Å². The van der Waals surface area contributed by atoms with Gasteiger partial charge in [0.25, 0.3) is 5.91 Å². The average molecular weight is 491 g/mol. The molecule has 0 radical (unpaired) electrons. The molecular weight excluding hydrogens is 456 g/mol. The van der Waals surface area contributed by atoms with Gasteiger partial charge in [-0.25, -0.2) is 0 Å². The lowest BCUT2D eigenvalue weighted by molar-refractivity contribution is 0.0953. The third-order valence-electron chi connectivity index (χ3n) is 6.64. The quantitative estimate of drug-likeness (QED) is 0.445. The summed E-state index contributed by atoms with van der Waals surface area (Å²) in [7, 11) is 6.54. The molecule has 0 saturated carbocycles. The lowest BCUT2D eigenvalue weighted by Gasteiger charge is -2.29. The fourth-order valence-electron chi connectivity index (χ4n) is 4.74. The van der Waals surface area contributed by atoms with Gasteiger partial charge in [-0.15, -0.1) is 0 Å². The monoisotopic (exact) mass is 490 g/mol. The number of carbonyl (C=O) groups excluding carboxylic acids is 1. The molecule has 1 amide bonds. The van der Waals surface area contributed by atoms with Crippen LogP contribution in [0.1, 0.15) is 38.7 Å². The second-order valence-electron chi connectivity index (χ2n) is 8.72. The third-order valence-corrected chi connectivity index (χ3v) is 6.64. The number of hydrogen-bond donors (Lipinski definition) is 2. The van der Waals surface area contributed by atoms with Gasteiger partial charge < -0.3 is 29.6 Å². The van der Waals surface area contributed by atoms with E-state index < -0.39 is 0 Å². The van der Waals surface area contributed by atoms with E-state index >= 15 is 0 Å². The molecule has 7 nitrogen and oxygen atoms in total. The first-order valence-electron chi connectivity index (χ1n) is 12.1. The van der Waals surface area contributed by atoms with Gasteiger partial charge in [-0.05, 0) is 78.4 Å². The molecule has 0 aliphatic carbocycles. The Kier molecular flexibility index (Phi) is 8.33. The minimum absolute atomic E-state index is 0.0746. The number of hydrogen-bond acceptors (Lipinski definition) is 6. The molecule has 1 heterocycles. The molecule has 0 unspecified atom stereocenters. The Bertz CT molecular complexity index is 1210. The zero-order chi connectivity index (χ0) is 25.5. The summed E-state index contributed by atoms with van der Waals surface area (Å²) in [6.07, 6.45) is 2.31. The Morgan fingerprint density at radius 1 is 0.889 bits per heavy atom. The molecule has 0 bridgehead atoms. The van der Waals surface area contributed by atoms with Gasteiger partial charge in [0.05, 0.1) is 28.4 Å². The van der Waals surface area contributed by atoms with Crippen LogP contribution in [-0.2, 0) is 19.3 Å². The fraction of sp³-hybridized carbons (Fsp3) is 0.345. The maximum absolute atomic E-state index is 13.1. The first-order valence-corrected chi connectivity index (χ1v) is 12.1. The summed E-state index contributed by atoms with van der Waals surface area (Å²) >= 11 is 0. The maximum atomic E-state index is 13.1. The number of methoxy groups -OCH3 is 4. The summed E-state index contributed by atoms with van der Waals surface area (Å²) in [6, 6.07) is 17.8. The SMILES string of the molecule is COc1ccc(CCNC(=O)c2ccccc2C[C@H]2NCCc3cc(OC)c(OC)cc32)cc1OC. The molecule has 0 fully saturated rings. The maximum Gasteiger partial charge on any atom is 0.251 e. The van der Waals surface area contributed by atoms with Crippen LogP contribution in [0.15, 0.2) is 54.6 Å². The smallest absolute Gasteiger partial charge is 0.251 e. The van der Waals surface area contributed by atoms with Gasteiger partial charge in [-0.3, -0.25) is 4.79 Å². The van der Waals surface area contributed by atoms with Crippen molar-refractivity contribution in [3.8, 4) is 23.0 Å². The lowest BCUT2D eigenvalue weighted by atomic mass is 9.88. The molecule has 36 heavy (non-hydrogen) atoms. The van der Waals surface area contributed by atoms with Gasteiger partial charge in [-0.1, -0.05) is 24.3 Å². The van der Waals surface area contributed by atoms with Crippen LogP contribution in [0.25, 0.3) is 0 Å². The second kappa shape index (κ2) is 11.8. The zero-order valence-electron chi connectivity index (χ0n) is 21.4. The Labute approximate surface area is 212 Å². The highest BCUT2D eigenvalue weighted by Gasteiger charge is 2.24. The predicted molar refractivity (Wildman–Crippen MR) is 140 cm³/mol. The van der Waals surface area contributed by atoms with Crippen molar-refractivity contribution in [2.24, 2.45) is 0 Å². The summed E-state index contributed by atoms with van der Waals surface area (Å²) < 4.78 is 21.7. The van der Waals surface area contributed by atoms with Crippen LogP contribution in [-0.4, -0.2) is 47.4 Å². The van der Waals surface area contributed by atoms with Crippen LogP contribution in [0, 0.1) is 0 Å². The number of carbonyl (C=O) groups is 1. The van der Waals surface area contributed by atoms with Gasteiger partial charge >= 0.3 is 0 Å². The van der Waals surface area contributed by atoms with E-state index in [2.05, 4.69) is 22.8 Å². The zero-order valence-corrected chi connectivity index (χ0v) is 21.4. The minimum atomic E-state index is -0.0746. The van der Waals surface area contributed by atoms with Gasteiger partial charge in [0.1, 0.15) is 0 Å². The van der Waals surface area contributed by atoms with E-state index in [9.17, 15) is 4.79 Å². The molecule has 3 aromatic carbocycles. The number of fused-ring (bicyclic) bond motifs is 1. The number of benzene rings is 3. The van der Waals surface area contributed by atoms with Crippen molar-refractivity contribution in [1.29, 1.82) is 0 Å². The fourth-order valence-corrected chi connectivity index (χ4v) is 4.74. The Morgan fingerprint density at radius 3 is 2.33 bits per heavy atom. The van der Waals surface area contributed by atoms with Gasteiger partial charge in [0, 0.05) is 18.2 Å². The van der Waals surface area contributed by atoms with Crippen molar-refractivity contribution >= 4 is 5.91 Å². The van der Waals surface area contributed by atoms with E-state index in [0.717, 1.165) is 29.8 Å². The molecule has 0 aromatic heterocycles. The van der Waals surface area contributed by atoms with E-state index in [-0.39, 0.29) is 11.9 Å². The summed E-state index contributed by atoms with van der Waals surface area (Å²) in [5, 5.41) is 6.69. The van der Waals surface area contributed by atoms with Crippen molar-refractivity contribution in [3.63, 3.8) is 0 Å². The summed E-state index contributed by atoms with van der Waals surface area (Å²) in [6.45, 7) is 1.39. The van der Waals surface area contributed by atoms with Gasteiger partial charge in [0.2, 0.25) is 0 Å². The molecule has 1 atom stereocenters. The van der Waals surface area contributed by atoms with Crippen molar-refractivity contribution in [3.05, 3.63) is 82.4 Å². The first kappa shape index (κ1) is 25.4. The molecule has 190 valence electrons. The topological polar surface area (TPSA) is 78.1 Å². The first-order chi connectivity index (χ1) is 17.6. The second-order valence-corrected chi connectivity index (χ2v) is 8.72. The van der Waals surface area contributed by atoms with E-state index in [4.69, 9.17) is 18.9 Å². The van der Waals surface area contributed by atoms with Gasteiger partial charge in [0.15, 0.2) is 23.0 Å². The molecule has 0 spiro atoms. The van der Waals surface area contributed by atoms with E-state index in [1.165, 1.54) is 11.1 Å². The standard InChI is InChI=1S/C29H34N2O5/c1-33-25-10-9-19(15-26(25)34-2)11-13-31-29(32)22-8-6-5-7-20(22)16-24-23-18-28(36-4)27(35-3)17-21(23)12-14-30-24/h5-10,15,17-18,24,30H,11-14,16H2,1-4H3,(H,31,32)/t24-/m1/s1. The van der Waals surface area contributed by atoms with Crippen molar-refractivity contribution in [2.75, 3.05) is 41.5 Å². The summed E-state index contributed by atoms with van der Waals surface area (Å²) in [4.78, 5) is 13.1. The molecule has 0 saturated heterocycles. The number of nitrogens with one attached hydrogen (secondary N) is 2. The molecule has 1 aliphatic heterocycles. The van der Waals surface area contributed by atoms with Crippen LogP contribution < -0.4 is 29.6 Å². The van der Waals surface area contributed by atoms with Crippen LogP contribution >= 0.6 is 0 Å². The average Bonchev–Trinajstić information content (AvgIpc) is 2.92. The highest BCUT2D eigenvalue weighted by atomic mass is 16.5. The van der Waals surface area contributed by atoms with E-state index in [1.807, 2.05) is 42.5 Å². The third kappa shape index (κ3) is 5.57. The Morgan fingerprint density at radius 2 is 1.58 bits per heavy atom. The Hall–Kier alpha value is -3.71. The highest BCUT2D eigenvalue weighted by molar-refractivity contribution is 5.95. The molecule has 1 aliphatic rings.